The summed E-state index contributed by atoms with van der Waals surface area (Å²) in [7, 11) is 0. The molecule has 0 bridgehead atoms. The Balaban J connectivity index is 1.62. The Bertz CT molecular complexity index is 1020. The van der Waals surface area contributed by atoms with Crippen molar-refractivity contribution in [3.63, 3.8) is 0 Å². The molecule has 0 aromatic carbocycles. The normalized spacial score (nSPS) is 23.1. The van der Waals surface area contributed by atoms with Crippen LogP contribution in [0.15, 0.2) is 6.33 Å². The van der Waals surface area contributed by atoms with Gasteiger partial charge < -0.3 is 4.90 Å². The van der Waals surface area contributed by atoms with Crippen LogP contribution in [0.2, 0.25) is 0 Å². The van der Waals surface area contributed by atoms with Crippen molar-refractivity contribution in [3.8, 4) is 0 Å². The van der Waals surface area contributed by atoms with Gasteiger partial charge in [0.05, 0.1) is 5.39 Å². The lowest BCUT2D eigenvalue weighted by Crippen LogP contribution is -2.43. The zero-order valence-electron chi connectivity index (χ0n) is 15.9. The van der Waals surface area contributed by atoms with Gasteiger partial charge in [0.15, 0.2) is 5.65 Å². The SMILES string of the molecule is CCC1CCCCN1C(=O)c1nc2c3c4c(sc3ncn2n1)CCCC4C. The molecule has 1 fully saturated rings. The van der Waals surface area contributed by atoms with Crippen molar-refractivity contribution < 1.29 is 4.79 Å². The number of carbonyl (C=O) groups is 1. The van der Waals surface area contributed by atoms with Crippen molar-refractivity contribution >= 4 is 33.1 Å². The van der Waals surface area contributed by atoms with E-state index in [0.717, 1.165) is 48.1 Å². The Hall–Kier alpha value is -2.02. The van der Waals surface area contributed by atoms with Crippen LogP contribution < -0.4 is 0 Å². The van der Waals surface area contributed by atoms with Crippen molar-refractivity contribution in [1.29, 1.82) is 0 Å². The fourth-order valence-corrected chi connectivity index (χ4v) is 6.09. The molecule has 1 aliphatic carbocycles. The summed E-state index contributed by atoms with van der Waals surface area (Å²) in [6.45, 7) is 5.25. The maximum Gasteiger partial charge on any atom is 0.293 e. The standard InChI is InChI=1S/C20H25N5OS/c1-3-13-8-4-5-10-24(13)20(26)17-22-18-16-15-12(2)7-6-9-14(15)27-19(16)21-11-25(18)23-17/h11-13H,3-10H2,1-2H3. The first-order valence-corrected chi connectivity index (χ1v) is 11.0. The summed E-state index contributed by atoms with van der Waals surface area (Å²) in [4.78, 5) is 26.9. The van der Waals surface area contributed by atoms with Gasteiger partial charge in [-0.2, -0.15) is 0 Å². The molecule has 5 rings (SSSR count). The van der Waals surface area contributed by atoms with Crippen LogP contribution in [-0.2, 0) is 6.42 Å². The average Bonchev–Trinajstić information content (AvgIpc) is 3.28. The van der Waals surface area contributed by atoms with Crippen LogP contribution in [0, 0.1) is 0 Å². The topological polar surface area (TPSA) is 63.4 Å². The molecular weight excluding hydrogens is 358 g/mol. The zero-order valence-corrected chi connectivity index (χ0v) is 16.8. The molecule has 142 valence electrons. The lowest BCUT2D eigenvalue weighted by molar-refractivity contribution is 0.0595. The van der Waals surface area contributed by atoms with Gasteiger partial charge in [-0.15, -0.1) is 16.4 Å². The van der Waals surface area contributed by atoms with Gasteiger partial charge >= 0.3 is 0 Å². The molecule has 2 aliphatic rings. The summed E-state index contributed by atoms with van der Waals surface area (Å²) < 4.78 is 1.70. The minimum absolute atomic E-state index is 0.0319. The maximum absolute atomic E-state index is 13.1. The smallest absolute Gasteiger partial charge is 0.293 e. The highest BCUT2D eigenvalue weighted by Gasteiger charge is 2.30. The fraction of sp³-hybridized carbons (Fsp3) is 0.600. The van der Waals surface area contributed by atoms with Gasteiger partial charge in [0.1, 0.15) is 11.2 Å². The Morgan fingerprint density at radius 3 is 3.04 bits per heavy atom. The van der Waals surface area contributed by atoms with Crippen molar-refractivity contribution in [2.24, 2.45) is 0 Å². The third kappa shape index (κ3) is 2.66. The fourth-order valence-electron chi connectivity index (χ4n) is 4.80. The molecule has 2 atom stereocenters. The molecule has 27 heavy (non-hydrogen) atoms. The van der Waals surface area contributed by atoms with Crippen molar-refractivity contribution in [3.05, 3.63) is 22.6 Å². The van der Waals surface area contributed by atoms with E-state index in [1.807, 2.05) is 4.90 Å². The molecule has 0 radical (unpaired) electrons. The van der Waals surface area contributed by atoms with Gasteiger partial charge in [0.2, 0.25) is 5.82 Å². The van der Waals surface area contributed by atoms with E-state index < -0.39 is 0 Å². The molecule has 1 aliphatic heterocycles. The van der Waals surface area contributed by atoms with Gasteiger partial charge in [-0.3, -0.25) is 4.79 Å². The first kappa shape index (κ1) is 17.1. The third-order valence-corrected chi connectivity index (χ3v) is 7.40. The summed E-state index contributed by atoms with van der Waals surface area (Å²) in [5.74, 6) is 0.793. The minimum Gasteiger partial charge on any atom is -0.333 e. The van der Waals surface area contributed by atoms with E-state index in [9.17, 15) is 4.79 Å². The molecule has 2 unspecified atom stereocenters. The van der Waals surface area contributed by atoms with Gasteiger partial charge in [-0.25, -0.2) is 14.5 Å². The summed E-state index contributed by atoms with van der Waals surface area (Å²) in [5, 5.41) is 5.63. The van der Waals surface area contributed by atoms with Gasteiger partial charge in [0.25, 0.3) is 5.91 Å². The lowest BCUT2D eigenvalue weighted by atomic mass is 9.87. The van der Waals surface area contributed by atoms with Crippen LogP contribution in [0.4, 0.5) is 0 Å². The minimum atomic E-state index is -0.0319. The van der Waals surface area contributed by atoms with E-state index in [4.69, 9.17) is 4.98 Å². The highest BCUT2D eigenvalue weighted by atomic mass is 32.1. The largest absolute Gasteiger partial charge is 0.333 e. The predicted molar refractivity (Wildman–Crippen MR) is 106 cm³/mol. The quantitative estimate of drug-likeness (QED) is 0.666. The van der Waals surface area contributed by atoms with Crippen LogP contribution in [0.3, 0.4) is 0 Å². The van der Waals surface area contributed by atoms with Gasteiger partial charge in [-0.05, 0) is 56.4 Å². The molecule has 6 nitrogen and oxygen atoms in total. The summed E-state index contributed by atoms with van der Waals surface area (Å²) >= 11 is 1.78. The van der Waals surface area contributed by atoms with Crippen LogP contribution in [0.5, 0.6) is 0 Å². The number of aromatic nitrogens is 4. The van der Waals surface area contributed by atoms with Gasteiger partial charge in [-0.1, -0.05) is 13.8 Å². The Labute approximate surface area is 162 Å². The van der Waals surface area contributed by atoms with E-state index in [0.29, 0.717) is 17.8 Å². The van der Waals surface area contributed by atoms with Crippen LogP contribution in [0.25, 0.3) is 15.9 Å². The zero-order chi connectivity index (χ0) is 18.5. The highest BCUT2D eigenvalue weighted by molar-refractivity contribution is 7.19. The van der Waals surface area contributed by atoms with E-state index in [2.05, 4.69) is 23.9 Å². The van der Waals surface area contributed by atoms with E-state index in [-0.39, 0.29) is 5.91 Å². The number of amides is 1. The second kappa shape index (κ2) is 6.55. The number of carbonyl (C=O) groups excluding carboxylic acids is 1. The monoisotopic (exact) mass is 383 g/mol. The maximum atomic E-state index is 13.1. The van der Waals surface area contributed by atoms with Crippen LogP contribution in [0.1, 0.15) is 79.3 Å². The van der Waals surface area contributed by atoms with Gasteiger partial charge in [0, 0.05) is 17.5 Å². The number of piperidine rings is 1. The number of rotatable bonds is 2. The summed E-state index contributed by atoms with van der Waals surface area (Å²) in [6.07, 6.45) is 9.60. The molecule has 0 saturated carbocycles. The predicted octanol–water partition coefficient (Wildman–Crippen LogP) is 4.18. The number of aryl methyl sites for hydroxylation is 1. The van der Waals surface area contributed by atoms with Crippen LogP contribution >= 0.6 is 11.3 Å². The molecule has 3 aromatic rings. The van der Waals surface area contributed by atoms with E-state index in [1.54, 1.807) is 22.2 Å². The Kier molecular flexibility index (Phi) is 4.15. The number of fused-ring (bicyclic) bond motifs is 5. The number of nitrogens with zero attached hydrogens (tertiary/aromatic N) is 5. The Morgan fingerprint density at radius 2 is 2.19 bits per heavy atom. The number of hydrogen-bond donors (Lipinski definition) is 0. The second-order valence-corrected chi connectivity index (χ2v) is 9.00. The molecule has 0 spiro atoms. The number of hydrogen-bond acceptors (Lipinski definition) is 5. The Morgan fingerprint density at radius 1 is 1.30 bits per heavy atom. The second-order valence-electron chi connectivity index (χ2n) is 7.92. The summed E-state index contributed by atoms with van der Waals surface area (Å²) in [6, 6.07) is 0.310. The van der Waals surface area contributed by atoms with Crippen molar-refractivity contribution in [2.75, 3.05) is 6.54 Å². The lowest BCUT2D eigenvalue weighted by Gasteiger charge is -2.34. The molecule has 1 saturated heterocycles. The van der Waals surface area contributed by atoms with Crippen molar-refractivity contribution in [1.82, 2.24) is 24.5 Å². The number of thiophene rings is 1. The molecule has 7 heteroatoms. The molecule has 4 heterocycles. The third-order valence-electron chi connectivity index (χ3n) is 6.23. The molecule has 1 amide bonds. The average molecular weight is 384 g/mol. The van der Waals surface area contributed by atoms with E-state index in [1.165, 1.54) is 29.7 Å². The number of likely N-dealkylation sites (tertiary alicyclic amines) is 1. The van der Waals surface area contributed by atoms with E-state index >= 15 is 0 Å². The first-order valence-electron chi connectivity index (χ1n) is 10.1. The molecule has 3 aromatic heterocycles. The first-order chi connectivity index (χ1) is 13.2. The highest BCUT2D eigenvalue weighted by Crippen LogP contribution is 2.42. The molecular formula is C20H25N5OS. The van der Waals surface area contributed by atoms with Crippen molar-refractivity contribution in [2.45, 2.75) is 70.8 Å². The molecule has 0 N–H and O–H groups in total. The summed E-state index contributed by atoms with van der Waals surface area (Å²) in [5.41, 5.74) is 2.18. The van der Waals surface area contributed by atoms with Crippen LogP contribution in [-0.4, -0.2) is 43.0 Å².